The zero-order chi connectivity index (χ0) is 8.69. The fourth-order valence-electron chi connectivity index (χ4n) is 1.03. The zero-order valence-electron chi connectivity index (χ0n) is 8.19. The fraction of sp³-hybridized carbons (Fsp3) is 0.800. The smallest absolute Gasteiger partial charge is 0.00248 e. The minimum atomic E-state index is 1.20. The van der Waals surface area contributed by atoms with E-state index in [0.717, 1.165) is 0 Å². The molecule has 0 aromatic rings. The van der Waals surface area contributed by atoms with Gasteiger partial charge in [0.2, 0.25) is 0 Å². The molecule has 0 aliphatic rings. The van der Waals surface area contributed by atoms with Gasteiger partial charge in [-0.05, 0) is 46.8 Å². The van der Waals surface area contributed by atoms with Gasteiger partial charge in [-0.1, -0.05) is 12.0 Å². The number of allylic oxidation sites excluding steroid dienone is 1. The second-order valence-corrected chi connectivity index (χ2v) is 3.57. The van der Waals surface area contributed by atoms with Crippen molar-refractivity contribution in [3.63, 3.8) is 0 Å². The average Bonchev–Trinajstić information content (AvgIpc) is 1.85. The normalized spacial score (nSPS) is 10.5. The van der Waals surface area contributed by atoms with Gasteiger partial charge < -0.3 is 4.90 Å². The van der Waals surface area contributed by atoms with Crippen molar-refractivity contribution < 1.29 is 0 Å². The Labute approximate surface area is 71.1 Å². The van der Waals surface area contributed by atoms with Crippen LogP contribution in [-0.4, -0.2) is 25.5 Å². The molecule has 11 heavy (non-hydrogen) atoms. The first-order valence-electron chi connectivity index (χ1n) is 4.42. The van der Waals surface area contributed by atoms with Gasteiger partial charge in [-0.2, -0.15) is 0 Å². The van der Waals surface area contributed by atoms with Gasteiger partial charge in [0.25, 0.3) is 0 Å². The first-order chi connectivity index (χ1) is 5.13. The predicted octanol–water partition coefficient (Wildman–Crippen LogP) is 2.68. The van der Waals surface area contributed by atoms with Crippen molar-refractivity contribution in [2.75, 3.05) is 20.6 Å². The molecule has 0 aromatic carbocycles. The molecule has 0 unspecified atom stereocenters. The van der Waals surface area contributed by atoms with E-state index in [1.165, 1.54) is 37.8 Å². The first kappa shape index (κ1) is 10.7. The van der Waals surface area contributed by atoms with Crippen molar-refractivity contribution in [1.29, 1.82) is 0 Å². The lowest BCUT2D eigenvalue weighted by Gasteiger charge is -2.08. The lowest BCUT2D eigenvalue weighted by atomic mass is 10.1. The second-order valence-electron chi connectivity index (χ2n) is 3.57. The molecule has 0 aromatic heterocycles. The van der Waals surface area contributed by atoms with Crippen LogP contribution in [0.15, 0.2) is 12.2 Å². The van der Waals surface area contributed by atoms with E-state index in [1.54, 1.807) is 0 Å². The van der Waals surface area contributed by atoms with Gasteiger partial charge in [0.1, 0.15) is 0 Å². The molecule has 0 heterocycles. The number of unbranched alkanes of at least 4 members (excludes halogenated alkanes) is 2. The lowest BCUT2D eigenvalue weighted by molar-refractivity contribution is 0.391. The fourth-order valence-corrected chi connectivity index (χ4v) is 1.03. The molecule has 0 bridgehead atoms. The number of hydrogen-bond donors (Lipinski definition) is 0. The Morgan fingerprint density at radius 3 is 2.27 bits per heavy atom. The minimum absolute atomic E-state index is 1.20. The van der Waals surface area contributed by atoms with Crippen LogP contribution in [0.2, 0.25) is 0 Å². The second kappa shape index (κ2) is 6.41. The van der Waals surface area contributed by atoms with Crippen LogP contribution in [0.5, 0.6) is 0 Å². The van der Waals surface area contributed by atoms with Gasteiger partial charge in [-0.15, -0.1) is 6.58 Å². The van der Waals surface area contributed by atoms with Crippen molar-refractivity contribution >= 4 is 0 Å². The van der Waals surface area contributed by atoms with E-state index in [9.17, 15) is 0 Å². The maximum Gasteiger partial charge on any atom is -0.00248 e. The van der Waals surface area contributed by atoms with E-state index in [2.05, 4.69) is 32.5 Å². The summed E-state index contributed by atoms with van der Waals surface area (Å²) in [5.41, 5.74) is 1.31. The monoisotopic (exact) mass is 155 g/mol. The van der Waals surface area contributed by atoms with Crippen LogP contribution in [0.1, 0.15) is 32.6 Å². The van der Waals surface area contributed by atoms with Crippen LogP contribution in [0.25, 0.3) is 0 Å². The maximum atomic E-state index is 3.88. The molecule has 0 rings (SSSR count). The Morgan fingerprint density at radius 1 is 1.18 bits per heavy atom. The Balaban J connectivity index is 2.97. The summed E-state index contributed by atoms with van der Waals surface area (Å²) in [5, 5.41) is 0. The van der Waals surface area contributed by atoms with E-state index < -0.39 is 0 Å². The molecule has 1 nitrogen and oxygen atoms in total. The third-order valence-electron chi connectivity index (χ3n) is 1.71. The van der Waals surface area contributed by atoms with E-state index in [1.807, 2.05) is 0 Å². The molecule has 0 saturated heterocycles. The molecule has 1 heteroatoms. The molecule has 66 valence electrons. The summed E-state index contributed by atoms with van der Waals surface area (Å²) in [7, 11) is 4.25. The van der Waals surface area contributed by atoms with Crippen molar-refractivity contribution in [1.82, 2.24) is 4.90 Å². The van der Waals surface area contributed by atoms with Crippen molar-refractivity contribution in [3.05, 3.63) is 12.2 Å². The number of hydrogen-bond acceptors (Lipinski definition) is 1. The average molecular weight is 155 g/mol. The molecule has 0 aliphatic carbocycles. The van der Waals surface area contributed by atoms with Gasteiger partial charge >= 0.3 is 0 Å². The SMILES string of the molecule is C=C(C)CCCCCN(C)C. The predicted molar refractivity (Wildman–Crippen MR) is 51.8 cm³/mol. The number of nitrogens with zero attached hydrogens (tertiary/aromatic N) is 1. The molecule has 0 radical (unpaired) electrons. The highest BCUT2D eigenvalue weighted by atomic mass is 15.0. The molecule has 0 atom stereocenters. The summed E-state index contributed by atoms with van der Waals surface area (Å²) in [6.45, 7) is 7.20. The molecule has 0 fully saturated rings. The summed E-state index contributed by atoms with van der Waals surface area (Å²) in [5.74, 6) is 0. The minimum Gasteiger partial charge on any atom is -0.309 e. The summed E-state index contributed by atoms with van der Waals surface area (Å²) < 4.78 is 0. The van der Waals surface area contributed by atoms with Crippen LogP contribution < -0.4 is 0 Å². The highest BCUT2D eigenvalue weighted by Crippen LogP contribution is 2.05. The Kier molecular flexibility index (Phi) is 6.24. The van der Waals surface area contributed by atoms with Crippen LogP contribution >= 0.6 is 0 Å². The summed E-state index contributed by atoms with van der Waals surface area (Å²) in [6.07, 6.45) is 5.17. The molecule has 0 N–H and O–H groups in total. The maximum absolute atomic E-state index is 3.88. The topological polar surface area (TPSA) is 3.24 Å². The standard InChI is InChI=1S/C10H21N/c1-10(2)8-6-5-7-9-11(3)4/h1,5-9H2,2-4H3. The van der Waals surface area contributed by atoms with Crippen LogP contribution in [0.3, 0.4) is 0 Å². The van der Waals surface area contributed by atoms with Crippen LogP contribution in [0, 0.1) is 0 Å². The van der Waals surface area contributed by atoms with Gasteiger partial charge in [0.05, 0.1) is 0 Å². The Hall–Kier alpha value is -0.300. The van der Waals surface area contributed by atoms with Crippen LogP contribution in [-0.2, 0) is 0 Å². The van der Waals surface area contributed by atoms with E-state index in [-0.39, 0.29) is 0 Å². The third-order valence-corrected chi connectivity index (χ3v) is 1.71. The van der Waals surface area contributed by atoms with Crippen molar-refractivity contribution in [2.24, 2.45) is 0 Å². The van der Waals surface area contributed by atoms with Crippen LogP contribution in [0.4, 0.5) is 0 Å². The van der Waals surface area contributed by atoms with Gasteiger partial charge in [-0.25, -0.2) is 0 Å². The summed E-state index contributed by atoms with van der Waals surface area (Å²) in [6, 6.07) is 0. The Morgan fingerprint density at radius 2 is 1.82 bits per heavy atom. The van der Waals surface area contributed by atoms with Crippen molar-refractivity contribution in [3.8, 4) is 0 Å². The molecule has 0 saturated carbocycles. The molecular weight excluding hydrogens is 134 g/mol. The summed E-state index contributed by atoms with van der Waals surface area (Å²) >= 11 is 0. The van der Waals surface area contributed by atoms with E-state index in [0.29, 0.717) is 0 Å². The molecule has 0 amide bonds. The first-order valence-corrected chi connectivity index (χ1v) is 4.42. The highest BCUT2D eigenvalue weighted by molar-refractivity contribution is 4.86. The molecule has 0 aliphatic heterocycles. The molecular formula is C10H21N. The highest BCUT2D eigenvalue weighted by Gasteiger charge is 1.91. The lowest BCUT2D eigenvalue weighted by Crippen LogP contribution is -2.12. The van der Waals surface area contributed by atoms with Gasteiger partial charge in [0, 0.05) is 0 Å². The largest absolute Gasteiger partial charge is 0.309 e. The quantitative estimate of drug-likeness (QED) is 0.421. The molecule has 0 spiro atoms. The third kappa shape index (κ3) is 9.70. The summed E-state index contributed by atoms with van der Waals surface area (Å²) in [4.78, 5) is 2.24. The zero-order valence-corrected chi connectivity index (χ0v) is 8.19. The Bertz CT molecular complexity index is 105. The van der Waals surface area contributed by atoms with E-state index >= 15 is 0 Å². The van der Waals surface area contributed by atoms with E-state index in [4.69, 9.17) is 0 Å². The van der Waals surface area contributed by atoms with Gasteiger partial charge in [0.15, 0.2) is 0 Å². The van der Waals surface area contributed by atoms with Gasteiger partial charge in [-0.3, -0.25) is 0 Å². The number of rotatable bonds is 6. The van der Waals surface area contributed by atoms with Crippen molar-refractivity contribution in [2.45, 2.75) is 32.6 Å².